The molecule has 6 heteroatoms. The van der Waals surface area contributed by atoms with Crippen molar-refractivity contribution in [2.75, 3.05) is 6.54 Å². The molecule has 2 aromatic carbocycles. The zero-order valence-electron chi connectivity index (χ0n) is 13.1. The molecular formula is C19H14ClNOS3. The number of thiocarbonyl (C=S) groups is 1. The Morgan fingerprint density at radius 1 is 1.12 bits per heavy atom. The maximum atomic E-state index is 12.3. The summed E-state index contributed by atoms with van der Waals surface area (Å²) < 4.78 is 0.575. The van der Waals surface area contributed by atoms with Crippen LogP contribution in [0.1, 0.15) is 5.56 Å². The molecule has 2 aromatic rings. The van der Waals surface area contributed by atoms with Crippen LogP contribution in [0.15, 0.2) is 75.9 Å². The molecule has 1 fully saturated rings. The van der Waals surface area contributed by atoms with Crippen LogP contribution in [0.3, 0.4) is 0 Å². The van der Waals surface area contributed by atoms with Crippen LogP contribution in [0.25, 0.3) is 6.08 Å². The first-order chi connectivity index (χ1) is 12.1. The molecule has 1 amide bonds. The van der Waals surface area contributed by atoms with E-state index in [1.165, 1.54) is 11.8 Å². The van der Waals surface area contributed by atoms with Crippen molar-refractivity contribution in [2.45, 2.75) is 9.79 Å². The minimum atomic E-state index is -0.0606. The third kappa shape index (κ3) is 4.55. The van der Waals surface area contributed by atoms with E-state index in [-0.39, 0.29) is 5.91 Å². The van der Waals surface area contributed by atoms with Gasteiger partial charge in [0.1, 0.15) is 4.32 Å². The average molecular weight is 404 g/mol. The van der Waals surface area contributed by atoms with Crippen LogP contribution in [-0.2, 0) is 4.79 Å². The van der Waals surface area contributed by atoms with E-state index in [4.69, 9.17) is 23.8 Å². The van der Waals surface area contributed by atoms with E-state index in [2.05, 4.69) is 6.58 Å². The van der Waals surface area contributed by atoms with E-state index >= 15 is 0 Å². The van der Waals surface area contributed by atoms with Crippen molar-refractivity contribution in [3.8, 4) is 0 Å². The van der Waals surface area contributed by atoms with E-state index < -0.39 is 0 Å². The Balaban J connectivity index is 1.72. The molecule has 0 N–H and O–H groups in total. The van der Waals surface area contributed by atoms with Crippen molar-refractivity contribution in [3.05, 3.63) is 76.7 Å². The van der Waals surface area contributed by atoms with Crippen molar-refractivity contribution in [3.63, 3.8) is 0 Å². The molecule has 0 radical (unpaired) electrons. The fraction of sp³-hybridized carbons (Fsp3) is 0.0526. The standard InChI is InChI=1S/C19H14ClNOS3/c1-2-11-21-18(22)17(25-19(21)23)12-13-3-7-15(8-4-13)24-16-9-5-14(20)6-10-16/h2-10,12H,1,11H2/b17-12-. The summed E-state index contributed by atoms with van der Waals surface area (Å²) in [6, 6.07) is 15.8. The highest BCUT2D eigenvalue weighted by molar-refractivity contribution is 8.26. The summed E-state index contributed by atoms with van der Waals surface area (Å²) in [6.45, 7) is 4.10. The van der Waals surface area contributed by atoms with E-state index in [9.17, 15) is 4.79 Å². The number of hydrogen-bond acceptors (Lipinski definition) is 4. The number of carbonyl (C=O) groups is 1. The molecule has 1 aliphatic heterocycles. The Labute approximate surface area is 165 Å². The van der Waals surface area contributed by atoms with E-state index in [1.807, 2.05) is 54.6 Å². The minimum Gasteiger partial charge on any atom is -0.289 e. The van der Waals surface area contributed by atoms with Crippen LogP contribution in [-0.4, -0.2) is 21.7 Å². The fourth-order valence-electron chi connectivity index (χ4n) is 2.21. The van der Waals surface area contributed by atoms with Crippen LogP contribution < -0.4 is 0 Å². The van der Waals surface area contributed by atoms with Gasteiger partial charge in [0.2, 0.25) is 0 Å². The first-order valence-electron chi connectivity index (χ1n) is 7.46. The number of benzene rings is 2. The third-order valence-electron chi connectivity index (χ3n) is 3.41. The predicted molar refractivity (Wildman–Crippen MR) is 112 cm³/mol. The Morgan fingerprint density at radius 2 is 1.72 bits per heavy atom. The average Bonchev–Trinajstić information content (AvgIpc) is 2.86. The van der Waals surface area contributed by atoms with Gasteiger partial charge in [-0.2, -0.15) is 0 Å². The van der Waals surface area contributed by atoms with Gasteiger partial charge in [-0.1, -0.05) is 65.6 Å². The molecule has 0 unspecified atom stereocenters. The van der Waals surface area contributed by atoms with E-state index in [0.717, 1.165) is 20.4 Å². The first kappa shape index (κ1) is 18.3. The Kier molecular flexibility index (Phi) is 6.02. The van der Waals surface area contributed by atoms with Crippen LogP contribution in [0.2, 0.25) is 5.02 Å². The van der Waals surface area contributed by atoms with Crippen molar-refractivity contribution >= 4 is 63.6 Å². The lowest BCUT2D eigenvalue weighted by Gasteiger charge is -2.10. The highest BCUT2D eigenvalue weighted by Crippen LogP contribution is 2.33. The maximum Gasteiger partial charge on any atom is 0.266 e. The number of hydrogen-bond donors (Lipinski definition) is 0. The molecule has 0 aromatic heterocycles. The molecule has 0 saturated carbocycles. The molecule has 25 heavy (non-hydrogen) atoms. The normalized spacial score (nSPS) is 15.9. The highest BCUT2D eigenvalue weighted by atomic mass is 35.5. The molecule has 0 aliphatic carbocycles. The van der Waals surface area contributed by atoms with Gasteiger partial charge in [-0.15, -0.1) is 6.58 Å². The number of carbonyl (C=O) groups excluding carboxylic acids is 1. The van der Waals surface area contributed by atoms with Crippen molar-refractivity contribution in [1.82, 2.24) is 4.90 Å². The largest absolute Gasteiger partial charge is 0.289 e. The lowest BCUT2D eigenvalue weighted by molar-refractivity contribution is -0.121. The van der Waals surface area contributed by atoms with Crippen LogP contribution >= 0.6 is 47.3 Å². The quantitative estimate of drug-likeness (QED) is 0.353. The summed E-state index contributed by atoms with van der Waals surface area (Å²) in [4.78, 5) is 16.8. The Morgan fingerprint density at radius 3 is 2.32 bits per heavy atom. The molecule has 3 rings (SSSR count). The van der Waals surface area contributed by atoms with Crippen LogP contribution in [0.4, 0.5) is 0 Å². The van der Waals surface area contributed by atoms with Gasteiger partial charge in [-0.3, -0.25) is 9.69 Å². The maximum absolute atomic E-state index is 12.3. The predicted octanol–water partition coefficient (Wildman–Crippen LogP) is 5.88. The Bertz CT molecular complexity index is 844. The molecular weight excluding hydrogens is 390 g/mol. The van der Waals surface area contributed by atoms with E-state index in [1.54, 1.807) is 22.7 Å². The van der Waals surface area contributed by atoms with Crippen molar-refractivity contribution in [1.29, 1.82) is 0 Å². The number of thioether (sulfide) groups is 1. The highest BCUT2D eigenvalue weighted by Gasteiger charge is 2.30. The lowest BCUT2D eigenvalue weighted by Crippen LogP contribution is -2.27. The van der Waals surface area contributed by atoms with Crippen molar-refractivity contribution < 1.29 is 4.79 Å². The molecule has 1 heterocycles. The lowest BCUT2D eigenvalue weighted by atomic mass is 10.2. The number of nitrogens with zero attached hydrogens (tertiary/aromatic N) is 1. The summed E-state index contributed by atoms with van der Waals surface area (Å²) >= 11 is 14.1. The van der Waals surface area contributed by atoms with Crippen LogP contribution in [0.5, 0.6) is 0 Å². The zero-order valence-corrected chi connectivity index (χ0v) is 16.4. The van der Waals surface area contributed by atoms with Gasteiger partial charge in [0.05, 0.1) is 4.91 Å². The smallest absolute Gasteiger partial charge is 0.266 e. The van der Waals surface area contributed by atoms with Gasteiger partial charge in [-0.05, 0) is 48.0 Å². The third-order valence-corrected chi connectivity index (χ3v) is 6.06. The van der Waals surface area contributed by atoms with E-state index in [0.29, 0.717) is 15.8 Å². The number of amides is 1. The fourth-order valence-corrected chi connectivity index (χ4v) is 4.43. The first-order valence-corrected chi connectivity index (χ1v) is 9.88. The zero-order chi connectivity index (χ0) is 17.8. The van der Waals surface area contributed by atoms with Gasteiger partial charge in [0.25, 0.3) is 5.91 Å². The molecule has 0 bridgehead atoms. The summed E-state index contributed by atoms with van der Waals surface area (Å²) in [5, 5.41) is 0.730. The van der Waals surface area contributed by atoms with Gasteiger partial charge in [0, 0.05) is 21.4 Å². The summed E-state index contributed by atoms with van der Waals surface area (Å²) in [5.74, 6) is -0.0606. The topological polar surface area (TPSA) is 20.3 Å². The van der Waals surface area contributed by atoms with Gasteiger partial charge in [-0.25, -0.2) is 0 Å². The summed E-state index contributed by atoms with van der Waals surface area (Å²) in [7, 11) is 0. The van der Waals surface area contributed by atoms with Crippen molar-refractivity contribution in [2.24, 2.45) is 0 Å². The molecule has 1 aliphatic rings. The second kappa shape index (κ2) is 8.23. The molecule has 1 saturated heterocycles. The number of halogens is 1. The SMILES string of the molecule is C=CCN1C(=O)/C(=C/c2ccc(Sc3ccc(Cl)cc3)cc2)SC1=S. The van der Waals surface area contributed by atoms with Gasteiger partial charge in [0.15, 0.2) is 0 Å². The monoisotopic (exact) mass is 403 g/mol. The number of rotatable bonds is 5. The molecule has 2 nitrogen and oxygen atoms in total. The molecule has 0 atom stereocenters. The van der Waals surface area contributed by atoms with Gasteiger partial charge < -0.3 is 0 Å². The molecule has 0 spiro atoms. The second-order valence-corrected chi connectivity index (χ2v) is 8.47. The van der Waals surface area contributed by atoms with Gasteiger partial charge >= 0.3 is 0 Å². The second-order valence-electron chi connectivity index (χ2n) is 5.21. The summed E-state index contributed by atoms with van der Waals surface area (Å²) in [5.41, 5.74) is 0.972. The summed E-state index contributed by atoms with van der Waals surface area (Å²) in [6.07, 6.45) is 3.55. The Hall–Kier alpha value is -1.53. The van der Waals surface area contributed by atoms with Crippen LogP contribution in [0, 0.1) is 0 Å². The molecule has 126 valence electrons. The minimum absolute atomic E-state index is 0.0606.